The average Bonchev–Trinajstić information content (AvgIpc) is 2.02. The van der Waals surface area contributed by atoms with Crippen LogP contribution in [0.2, 0.25) is 0 Å². The molecule has 0 saturated heterocycles. The maximum Gasteiger partial charge on any atom is 0.224 e. The van der Waals surface area contributed by atoms with Crippen molar-refractivity contribution in [1.29, 1.82) is 0 Å². The fourth-order valence-electron chi connectivity index (χ4n) is 1.13. The molecule has 0 radical (unpaired) electrons. The van der Waals surface area contributed by atoms with Crippen molar-refractivity contribution in [2.75, 3.05) is 20.1 Å². The second kappa shape index (κ2) is 6.02. The standard InChI is InChI=1S/C11H24N2O/c1-9(8-12-5)10(14)13-7-6-11(2,3)4/h9,12H,6-8H2,1-5H3,(H,13,14). The van der Waals surface area contributed by atoms with Crippen LogP contribution in [0.25, 0.3) is 0 Å². The van der Waals surface area contributed by atoms with Gasteiger partial charge in [0, 0.05) is 19.0 Å². The van der Waals surface area contributed by atoms with Crippen molar-refractivity contribution in [1.82, 2.24) is 10.6 Å². The van der Waals surface area contributed by atoms with Gasteiger partial charge in [0.25, 0.3) is 0 Å². The van der Waals surface area contributed by atoms with Crippen LogP contribution in [0.3, 0.4) is 0 Å². The van der Waals surface area contributed by atoms with Crippen LogP contribution in [0.1, 0.15) is 34.1 Å². The molecule has 0 aromatic rings. The second-order valence-corrected chi connectivity index (χ2v) is 5.06. The van der Waals surface area contributed by atoms with E-state index in [0.717, 1.165) is 19.5 Å². The Labute approximate surface area is 87.6 Å². The third kappa shape index (κ3) is 6.89. The first-order chi connectivity index (χ1) is 6.37. The summed E-state index contributed by atoms with van der Waals surface area (Å²) < 4.78 is 0. The molecule has 0 fully saturated rings. The Balaban J connectivity index is 3.64. The molecule has 1 atom stereocenters. The van der Waals surface area contributed by atoms with Crippen LogP contribution in [0.15, 0.2) is 0 Å². The summed E-state index contributed by atoms with van der Waals surface area (Å²) in [4.78, 5) is 11.5. The zero-order valence-electron chi connectivity index (χ0n) is 10.1. The Bertz CT molecular complexity index is 173. The van der Waals surface area contributed by atoms with Crippen LogP contribution in [0.5, 0.6) is 0 Å². The fraction of sp³-hybridized carbons (Fsp3) is 0.909. The minimum atomic E-state index is 0.0555. The summed E-state index contributed by atoms with van der Waals surface area (Å²) >= 11 is 0. The smallest absolute Gasteiger partial charge is 0.224 e. The van der Waals surface area contributed by atoms with Gasteiger partial charge in [-0.05, 0) is 18.9 Å². The molecule has 1 unspecified atom stereocenters. The summed E-state index contributed by atoms with van der Waals surface area (Å²) in [5.74, 6) is 0.198. The summed E-state index contributed by atoms with van der Waals surface area (Å²) in [6.07, 6.45) is 1.02. The van der Waals surface area contributed by atoms with Gasteiger partial charge in [-0.25, -0.2) is 0 Å². The summed E-state index contributed by atoms with van der Waals surface area (Å²) in [7, 11) is 1.86. The molecule has 0 aromatic heterocycles. The van der Waals surface area contributed by atoms with Crippen molar-refractivity contribution in [3.05, 3.63) is 0 Å². The largest absolute Gasteiger partial charge is 0.356 e. The summed E-state index contributed by atoms with van der Waals surface area (Å²) in [5, 5.41) is 5.94. The highest BCUT2D eigenvalue weighted by molar-refractivity contribution is 5.78. The van der Waals surface area contributed by atoms with Crippen molar-refractivity contribution >= 4 is 5.91 Å². The number of rotatable bonds is 5. The number of hydrogen-bond acceptors (Lipinski definition) is 2. The van der Waals surface area contributed by atoms with Gasteiger partial charge in [-0.15, -0.1) is 0 Å². The first-order valence-electron chi connectivity index (χ1n) is 5.29. The lowest BCUT2D eigenvalue weighted by Gasteiger charge is -2.19. The van der Waals surface area contributed by atoms with E-state index >= 15 is 0 Å². The summed E-state index contributed by atoms with van der Waals surface area (Å²) in [6.45, 7) is 9.98. The van der Waals surface area contributed by atoms with Gasteiger partial charge in [0.2, 0.25) is 5.91 Å². The molecule has 0 aliphatic rings. The summed E-state index contributed by atoms with van der Waals surface area (Å²) in [6, 6.07) is 0. The monoisotopic (exact) mass is 200 g/mol. The van der Waals surface area contributed by atoms with E-state index in [0.29, 0.717) is 5.41 Å². The lowest BCUT2D eigenvalue weighted by molar-refractivity contribution is -0.124. The molecule has 0 heterocycles. The first kappa shape index (κ1) is 13.4. The van der Waals surface area contributed by atoms with Crippen molar-refractivity contribution < 1.29 is 4.79 Å². The lowest BCUT2D eigenvalue weighted by Crippen LogP contribution is -2.35. The topological polar surface area (TPSA) is 41.1 Å². The van der Waals surface area contributed by atoms with E-state index in [4.69, 9.17) is 0 Å². The van der Waals surface area contributed by atoms with Gasteiger partial charge in [-0.2, -0.15) is 0 Å². The SMILES string of the molecule is CNCC(C)C(=O)NCCC(C)(C)C. The third-order valence-corrected chi connectivity index (χ3v) is 2.13. The molecule has 14 heavy (non-hydrogen) atoms. The number of nitrogens with one attached hydrogen (secondary N) is 2. The van der Waals surface area contributed by atoms with Gasteiger partial charge in [-0.1, -0.05) is 27.7 Å². The van der Waals surface area contributed by atoms with Crippen molar-refractivity contribution in [2.24, 2.45) is 11.3 Å². The molecule has 0 aliphatic carbocycles. The highest BCUT2D eigenvalue weighted by atomic mass is 16.1. The molecular weight excluding hydrogens is 176 g/mol. The molecule has 0 aromatic carbocycles. The lowest BCUT2D eigenvalue weighted by atomic mass is 9.92. The zero-order chi connectivity index (χ0) is 11.2. The molecule has 3 heteroatoms. The van der Waals surface area contributed by atoms with E-state index < -0.39 is 0 Å². The number of carbonyl (C=O) groups excluding carboxylic acids is 1. The highest BCUT2D eigenvalue weighted by Gasteiger charge is 2.13. The molecule has 1 amide bonds. The second-order valence-electron chi connectivity index (χ2n) is 5.06. The normalized spacial score (nSPS) is 13.8. The van der Waals surface area contributed by atoms with E-state index in [-0.39, 0.29) is 11.8 Å². The predicted octanol–water partition coefficient (Wildman–Crippen LogP) is 1.39. The fourth-order valence-corrected chi connectivity index (χ4v) is 1.13. The van der Waals surface area contributed by atoms with Crippen LogP contribution >= 0.6 is 0 Å². The third-order valence-electron chi connectivity index (χ3n) is 2.13. The van der Waals surface area contributed by atoms with Crippen LogP contribution in [-0.4, -0.2) is 26.0 Å². The molecule has 0 spiro atoms. The maximum atomic E-state index is 11.5. The van der Waals surface area contributed by atoms with E-state index in [1.807, 2.05) is 14.0 Å². The van der Waals surface area contributed by atoms with E-state index in [1.165, 1.54) is 0 Å². The Morgan fingerprint density at radius 3 is 2.36 bits per heavy atom. The minimum Gasteiger partial charge on any atom is -0.356 e. The molecular formula is C11H24N2O. The molecule has 3 nitrogen and oxygen atoms in total. The van der Waals surface area contributed by atoms with E-state index in [2.05, 4.69) is 31.4 Å². The van der Waals surface area contributed by atoms with Crippen LogP contribution < -0.4 is 10.6 Å². The van der Waals surface area contributed by atoms with Crippen LogP contribution in [0.4, 0.5) is 0 Å². The number of amides is 1. The van der Waals surface area contributed by atoms with Crippen LogP contribution in [0, 0.1) is 11.3 Å². The first-order valence-corrected chi connectivity index (χ1v) is 5.29. The van der Waals surface area contributed by atoms with Gasteiger partial charge in [0.15, 0.2) is 0 Å². The zero-order valence-corrected chi connectivity index (χ0v) is 10.1. The Morgan fingerprint density at radius 1 is 1.36 bits per heavy atom. The van der Waals surface area contributed by atoms with Gasteiger partial charge in [0.1, 0.15) is 0 Å². The molecule has 0 bridgehead atoms. The Morgan fingerprint density at radius 2 is 1.93 bits per heavy atom. The van der Waals surface area contributed by atoms with Crippen molar-refractivity contribution in [3.8, 4) is 0 Å². The van der Waals surface area contributed by atoms with Gasteiger partial charge in [-0.3, -0.25) is 4.79 Å². The quantitative estimate of drug-likeness (QED) is 0.704. The predicted molar refractivity (Wildman–Crippen MR) is 60.2 cm³/mol. The molecule has 0 saturated carbocycles. The molecule has 2 N–H and O–H groups in total. The highest BCUT2D eigenvalue weighted by Crippen LogP contribution is 2.16. The number of hydrogen-bond donors (Lipinski definition) is 2. The van der Waals surface area contributed by atoms with Crippen molar-refractivity contribution in [2.45, 2.75) is 34.1 Å². The van der Waals surface area contributed by atoms with Gasteiger partial charge < -0.3 is 10.6 Å². The molecule has 0 aliphatic heterocycles. The van der Waals surface area contributed by atoms with Gasteiger partial charge >= 0.3 is 0 Å². The van der Waals surface area contributed by atoms with E-state index in [9.17, 15) is 4.79 Å². The van der Waals surface area contributed by atoms with Crippen molar-refractivity contribution in [3.63, 3.8) is 0 Å². The minimum absolute atomic E-state index is 0.0555. The number of carbonyl (C=O) groups is 1. The molecule has 84 valence electrons. The Kier molecular flexibility index (Phi) is 5.77. The summed E-state index contributed by atoms with van der Waals surface area (Å²) in [5.41, 5.74) is 0.291. The molecule has 0 rings (SSSR count). The Hall–Kier alpha value is -0.570. The van der Waals surface area contributed by atoms with Crippen LogP contribution in [-0.2, 0) is 4.79 Å². The van der Waals surface area contributed by atoms with Gasteiger partial charge in [0.05, 0.1) is 0 Å². The van der Waals surface area contributed by atoms with E-state index in [1.54, 1.807) is 0 Å². The maximum absolute atomic E-state index is 11.5. The average molecular weight is 200 g/mol.